The standard InChI is InChI=1S/C14H16Cl2N4O/c1-3-20-13(12(17)7-18-20)14(21)19(2)8-9-4-5-10(15)11(16)6-9/h4-7H,3,8,17H2,1-2H3. The van der Waals surface area contributed by atoms with Crippen molar-refractivity contribution in [3.8, 4) is 0 Å². The number of rotatable bonds is 4. The Morgan fingerprint density at radius 1 is 1.38 bits per heavy atom. The van der Waals surface area contributed by atoms with Crippen molar-refractivity contribution in [1.82, 2.24) is 14.7 Å². The molecule has 2 N–H and O–H groups in total. The predicted octanol–water partition coefficient (Wildman–Crippen LogP) is 3.06. The molecule has 7 heteroatoms. The van der Waals surface area contributed by atoms with Crippen LogP contribution in [0.1, 0.15) is 23.0 Å². The van der Waals surface area contributed by atoms with Crippen molar-refractivity contribution < 1.29 is 4.79 Å². The Bertz CT molecular complexity index is 669. The fraction of sp³-hybridized carbons (Fsp3) is 0.286. The first-order valence-corrected chi connectivity index (χ1v) is 7.20. The molecule has 2 rings (SSSR count). The van der Waals surface area contributed by atoms with E-state index in [1.807, 2.05) is 13.0 Å². The van der Waals surface area contributed by atoms with Crippen LogP contribution in [0.3, 0.4) is 0 Å². The zero-order valence-corrected chi connectivity index (χ0v) is 13.3. The summed E-state index contributed by atoms with van der Waals surface area (Å²) in [5.41, 5.74) is 7.49. The van der Waals surface area contributed by atoms with Gasteiger partial charge in [-0.25, -0.2) is 0 Å². The average Bonchev–Trinajstić information content (AvgIpc) is 2.83. The van der Waals surface area contributed by atoms with Gasteiger partial charge in [0.05, 0.1) is 21.9 Å². The number of aryl methyl sites for hydroxylation is 1. The third-order valence-electron chi connectivity index (χ3n) is 3.12. The Labute approximate surface area is 133 Å². The van der Waals surface area contributed by atoms with Crippen molar-refractivity contribution >= 4 is 34.8 Å². The van der Waals surface area contributed by atoms with Gasteiger partial charge in [-0.2, -0.15) is 5.10 Å². The van der Waals surface area contributed by atoms with E-state index < -0.39 is 0 Å². The summed E-state index contributed by atoms with van der Waals surface area (Å²) >= 11 is 11.9. The molecule has 1 aromatic carbocycles. The van der Waals surface area contributed by atoms with Crippen LogP contribution >= 0.6 is 23.2 Å². The van der Waals surface area contributed by atoms with Crippen LogP contribution < -0.4 is 5.73 Å². The van der Waals surface area contributed by atoms with E-state index in [1.165, 1.54) is 6.20 Å². The molecule has 0 aliphatic rings. The predicted molar refractivity (Wildman–Crippen MR) is 84.6 cm³/mol. The highest BCUT2D eigenvalue weighted by molar-refractivity contribution is 6.42. The molecule has 5 nitrogen and oxygen atoms in total. The molecule has 0 unspecified atom stereocenters. The van der Waals surface area contributed by atoms with E-state index >= 15 is 0 Å². The van der Waals surface area contributed by atoms with Gasteiger partial charge in [-0.05, 0) is 24.6 Å². The van der Waals surface area contributed by atoms with E-state index in [-0.39, 0.29) is 5.91 Å². The van der Waals surface area contributed by atoms with Crippen molar-refractivity contribution in [2.75, 3.05) is 12.8 Å². The zero-order valence-electron chi connectivity index (χ0n) is 11.8. The molecular formula is C14H16Cl2N4O. The largest absolute Gasteiger partial charge is 0.396 e. The molecule has 2 aromatic rings. The first kappa shape index (κ1) is 15.7. The lowest BCUT2D eigenvalue weighted by Crippen LogP contribution is -2.29. The van der Waals surface area contributed by atoms with Crippen LogP contribution in [0.25, 0.3) is 0 Å². The lowest BCUT2D eigenvalue weighted by Gasteiger charge is -2.18. The van der Waals surface area contributed by atoms with Crippen LogP contribution in [-0.2, 0) is 13.1 Å². The number of halogens is 2. The molecule has 0 atom stereocenters. The number of anilines is 1. The molecular weight excluding hydrogens is 311 g/mol. The van der Waals surface area contributed by atoms with Crippen molar-refractivity contribution in [3.05, 3.63) is 45.7 Å². The van der Waals surface area contributed by atoms with E-state index in [9.17, 15) is 4.79 Å². The van der Waals surface area contributed by atoms with Gasteiger partial charge in [-0.3, -0.25) is 9.48 Å². The monoisotopic (exact) mass is 326 g/mol. The Kier molecular flexibility index (Phi) is 4.75. The molecule has 0 aliphatic heterocycles. The molecule has 1 aromatic heterocycles. The second-order valence-electron chi connectivity index (χ2n) is 4.67. The number of carbonyl (C=O) groups excluding carboxylic acids is 1. The van der Waals surface area contributed by atoms with Crippen molar-refractivity contribution in [2.24, 2.45) is 0 Å². The summed E-state index contributed by atoms with van der Waals surface area (Å²) in [4.78, 5) is 14.1. The Balaban J connectivity index is 2.19. The van der Waals surface area contributed by atoms with Crippen LogP contribution in [-0.4, -0.2) is 27.6 Å². The van der Waals surface area contributed by atoms with Gasteiger partial charge in [0.1, 0.15) is 5.69 Å². The summed E-state index contributed by atoms with van der Waals surface area (Å²) in [6, 6.07) is 5.29. The normalized spacial score (nSPS) is 10.7. The number of amides is 1. The number of nitrogen functional groups attached to an aromatic ring is 1. The van der Waals surface area contributed by atoms with Crippen molar-refractivity contribution in [2.45, 2.75) is 20.0 Å². The summed E-state index contributed by atoms with van der Waals surface area (Å²) in [7, 11) is 1.71. The lowest BCUT2D eigenvalue weighted by atomic mass is 10.2. The van der Waals surface area contributed by atoms with Crippen LogP contribution in [0, 0.1) is 0 Å². The minimum Gasteiger partial charge on any atom is -0.396 e. The summed E-state index contributed by atoms with van der Waals surface area (Å²) in [5.74, 6) is -0.182. The molecule has 21 heavy (non-hydrogen) atoms. The van der Waals surface area contributed by atoms with E-state index in [0.717, 1.165) is 5.56 Å². The molecule has 0 spiro atoms. The first-order chi connectivity index (χ1) is 9.93. The molecule has 0 bridgehead atoms. The molecule has 0 radical (unpaired) electrons. The SMILES string of the molecule is CCn1ncc(N)c1C(=O)N(C)Cc1ccc(Cl)c(Cl)c1. The molecule has 0 saturated carbocycles. The van der Waals surface area contributed by atoms with Gasteiger partial charge in [0, 0.05) is 20.1 Å². The van der Waals surface area contributed by atoms with Gasteiger partial charge in [0.15, 0.2) is 0 Å². The molecule has 1 amide bonds. The number of hydrogen-bond donors (Lipinski definition) is 1. The van der Waals surface area contributed by atoms with Gasteiger partial charge in [0.2, 0.25) is 0 Å². The Morgan fingerprint density at radius 2 is 2.10 bits per heavy atom. The number of hydrogen-bond acceptors (Lipinski definition) is 3. The lowest BCUT2D eigenvalue weighted by molar-refractivity contribution is 0.0774. The summed E-state index contributed by atoms with van der Waals surface area (Å²) in [6.45, 7) is 2.89. The fourth-order valence-electron chi connectivity index (χ4n) is 2.04. The van der Waals surface area contributed by atoms with E-state index in [4.69, 9.17) is 28.9 Å². The van der Waals surface area contributed by atoms with Crippen LogP contribution in [0.2, 0.25) is 10.0 Å². The first-order valence-electron chi connectivity index (χ1n) is 6.44. The second kappa shape index (κ2) is 6.37. The number of nitrogens with two attached hydrogens (primary N) is 1. The average molecular weight is 327 g/mol. The third kappa shape index (κ3) is 3.31. The van der Waals surface area contributed by atoms with Gasteiger partial charge in [0.25, 0.3) is 5.91 Å². The zero-order chi connectivity index (χ0) is 15.6. The quantitative estimate of drug-likeness (QED) is 0.939. The molecule has 112 valence electrons. The number of carbonyl (C=O) groups is 1. The smallest absolute Gasteiger partial charge is 0.274 e. The van der Waals surface area contributed by atoms with E-state index in [1.54, 1.807) is 28.8 Å². The second-order valence-corrected chi connectivity index (χ2v) is 5.49. The highest BCUT2D eigenvalue weighted by Crippen LogP contribution is 2.23. The Morgan fingerprint density at radius 3 is 2.71 bits per heavy atom. The van der Waals surface area contributed by atoms with E-state index in [0.29, 0.717) is 34.5 Å². The number of aromatic nitrogens is 2. The van der Waals surface area contributed by atoms with Gasteiger partial charge >= 0.3 is 0 Å². The summed E-state index contributed by atoms with van der Waals surface area (Å²) < 4.78 is 1.59. The maximum Gasteiger partial charge on any atom is 0.274 e. The molecule has 0 saturated heterocycles. The third-order valence-corrected chi connectivity index (χ3v) is 3.86. The summed E-state index contributed by atoms with van der Waals surface area (Å²) in [5, 5.41) is 5.03. The minimum atomic E-state index is -0.182. The maximum absolute atomic E-state index is 12.5. The maximum atomic E-state index is 12.5. The van der Waals surface area contributed by atoms with Gasteiger partial charge < -0.3 is 10.6 Å². The molecule has 0 fully saturated rings. The fourth-order valence-corrected chi connectivity index (χ4v) is 2.36. The topological polar surface area (TPSA) is 64.2 Å². The minimum absolute atomic E-state index is 0.182. The van der Waals surface area contributed by atoms with E-state index in [2.05, 4.69) is 5.10 Å². The van der Waals surface area contributed by atoms with Crippen LogP contribution in [0.5, 0.6) is 0 Å². The van der Waals surface area contributed by atoms with Crippen molar-refractivity contribution in [3.63, 3.8) is 0 Å². The molecule has 1 heterocycles. The molecule has 0 aliphatic carbocycles. The highest BCUT2D eigenvalue weighted by atomic mass is 35.5. The van der Waals surface area contributed by atoms with Gasteiger partial charge in [-0.15, -0.1) is 0 Å². The number of nitrogens with zero attached hydrogens (tertiary/aromatic N) is 3. The summed E-state index contributed by atoms with van der Waals surface area (Å²) in [6.07, 6.45) is 1.49. The van der Waals surface area contributed by atoms with Gasteiger partial charge in [-0.1, -0.05) is 29.3 Å². The number of benzene rings is 1. The van der Waals surface area contributed by atoms with Crippen LogP contribution in [0.4, 0.5) is 5.69 Å². The Hall–Kier alpha value is -1.72. The van der Waals surface area contributed by atoms with Crippen LogP contribution in [0.15, 0.2) is 24.4 Å². The highest BCUT2D eigenvalue weighted by Gasteiger charge is 2.20. The van der Waals surface area contributed by atoms with Crippen molar-refractivity contribution in [1.29, 1.82) is 0 Å².